The number of hydrogen-bond donors (Lipinski definition) is 0. The summed E-state index contributed by atoms with van der Waals surface area (Å²) in [5, 5.41) is 5.63. The molecule has 0 saturated carbocycles. The van der Waals surface area contributed by atoms with Crippen LogP contribution in [0.5, 0.6) is 0 Å². The highest BCUT2D eigenvalue weighted by atomic mass is 35.5. The maximum Gasteiger partial charge on any atom is 0.241 e. The van der Waals surface area contributed by atoms with Gasteiger partial charge in [-0.15, -0.1) is 0 Å². The molecule has 4 rings (SSSR count). The Balaban J connectivity index is 1.94. The molecule has 8 heteroatoms. The van der Waals surface area contributed by atoms with Crippen LogP contribution in [0.25, 0.3) is 5.82 Å². The summed E-state index contributed by atoms with van der Waals surface area (Å²) in [4.78, 5) is 20.8. The van der Waals surface area contributed by atoms with E-state index in [0.29, 0.717) is 32.8 Å². The van der Waals surface area contributed by atoms with Crippen molar-refractivity contribution in [1.29, 1.82) is 0 Å². The van der Waals surface area contributed by atoms with Crippen molar-refractivity contribution in [2.45, 2.75) is 32.8 Å². The number of ether oxygens (including phenoxy) is 1. The van der Waals surface area contributed by atoms with Crippen LogP contribution in [0.15, 0.2) is 41.5 Å². The highest BCUT2D eigenvalue weighted by Gasteiger charge is 2.29. The molecule has 0 saturated heterocycles. The number of benzene rings is 1. The van der Waals surface area contributed by atoms with Gasteiger partial charge in [0.1, 0.15) is 5.69 Å². The van der Waals surface area contributed by atoms with Crippen LogP contribution in [0, 0.1) is 6.92 Å². The minimum absolute atomic E-state index is 0.163. The maximum atomic E-state index is 11.8. The van der Waals surface area contributed by atoms with Crippen molar-refractivity contribution in [1.82, 2.24) is 14.8 Å². The lowest BCUT2D eigenvalue weighted by atomic mass is 10.0. The number of aryl methyl sites for hydroxylation is 1. The van der Waals surface area contributed by atoms with E-state index in [4.69, 9.17) is 27.9 Å². The van der Waals surface area contributed by atoms with Gasteiger partial charge < -0.3 is 4.74 Å². The smallest absolute Gasteiger partial charge is 0.241 e. The monoisotopic (exact) mass is 428 g/mol. The molecular formula is C21H18Cl2N4O2. The Bertz CT molecular complexity index is 1140. The minimum atomic E-state index is -0.819. The molecule has 1 aromatic carbocycles. The van der Waals surface area contributed by atoms with Crippen LogP contribution in [-0.2, 0) is 9.53 Å². The first-order chi connectivity index (χ1) is 13.9. The SMILES string of the molecule is Cc1cc(Cl)cc2c1N=C(c1cc(C(C)C)nn1-c1ncccc1Cl)OC2C=O. The lowest BCUT2D eigenvalue weighted by molar-refractivity contribution is -0.114. The molecule has 0 spiro atoms. The first-order valence-electron chi connectivity index (χ1n) is 9.11. The second-order valence-corrected chi connectivity index (χ2v) is 7.93. The van der Waals surface area contributed by atoms with Gasteiger partial charge in [-0.05, 0) is 48.7 Å². The molecular weight excluding hydrogens is 411 g/mol. The summed E-state index contributed by atoms with van der Waals surface area (Å²) < 4.78 is 7.55. The predicted octanol–water partition coefficient (Wildman–Crippen LogP) is 5.35. The predicted molar refractivity (Wildman–Crippen MR) is 113 cm³/mol. The Hall–Kier alpha value is -2.70. The van der Waals surface area contributed by atoms with E-state index in [2.05, 4.69) is 15.1 Å². The Morgan fingerprint density at radius 3 is 2.72 bits per heavy atom. The van der Waals surface area contributed by atoms with Crippen molar-refractivity contribution < 1.29 is 9.53 Å². The number of halogens is 2. The van der Waals surface area contributed by atoms with Gasteiger partial charge in [-0.25, -0.2) is 14.7 Å². The Morgan fingerprint density at radius 1 is 1.24 bits per heavy atom. The van der Waals surface area contributed by atoms with Crippen molar-refractivity contribution >= 4 is 41.1 Å². The zero-order valence-electron chi connectivity index (χ0n) is 16.1. The molecule has 6 nitrogen and oxygen atoms in total. The highest BCUT2D eigenvalue weighted by Crippen LogP contribution is 2.38. The van der Waals surface area contributed by atoms with Crippen molar-refractivity contribution in [3.05, 3.63) is 69.1 Å². The van der Waals surface area contributed by atoms with Crippen LogP contribution >= 0.6 is 23.2 Å². The number of carbonyl (C=O) groups is 1. The molecule has 2 aromatic heterocycles. The van der Waals surface area contributed by atoms with Gasteiger partial charge in [0.2, 0.25) is 5.90 Å². The molecule has 0 radical (unpaired) electrons. The molecule has 29 heavy (non-hydrogen) atoms. The van der Waals surface area contributed by atoms with Crippen LogP contribution < -0.4 is 0 Å². The molecule has 1 atom stereocenters. The van der Waals surface area contributed by atoms with E-state index in [9.17, 15) is 4.79 Å². The van der Waals surface area contributed by atoms with Gasteiger partial charge in [0.15, 0.2) is 18.2 Å². The number of nitrogens with zero attached hydrogens (tertiary/aromatic N) is 4. The summed E-state index contributed by atoms with van der Waals surface area (Å²) >= 11 is 12.5. The Morgan fingerprint density at radius 2 is 2.03 bits per heavy atom. The molecule has 0 fully saturated rings. The van der Waals surface area contributed by atoms with Gasteiger partial charge >= 0.3 is 0 Å². The first-order valence-corrected chi connectivity index (χ1v) is 9.86. The molecule has 0 bridgehead atoms. The van der Waals surface area contributed by atoms with Gasteiger partial charge in [0.05, 0.1) is 16.4 Å². The van der Waals surface area contributed by atoms with E-state index in [1.54, 1.807) is 35.1 Å². The van der Waals surface area contributed by atoms with Crippen molar-refractivity contribution in [3.63, 3.8) is 0 Å². The van der Waals surface area contributed by atoms with Crippen LogP contribution in [0.4, 0.5) is 5.69 Å². The molecule has 1 aliphatic heterocycles. The van der Waals surface area contributed by atoms with E-state index < -0.39 is 6.10 Å². The first kappa shape index (κ1) is 19.6. The highest BCUT2D eigenvalue weighted by molar-refractivity contribution is 6.32. The molecule has 3 heterocycles. The minimum Gasteiger partial charge on any atom is -0.460 e. The summed E-state index contributed by atoms with van der Waals surface area (Å²) in [7, 11) is 0. The average Bonchev–Trinajstić information content (AvgIpc) is 3.13. The second-order valence-electron chi connectivity index (χ2n) is 7.08. The molecule has 3 aromatic rings. The number of hydrogen-bond acceptors (Lipinski definition) is 5. The normalized spacial score (nSPS) is 15.7. The van der Waals surface area contributed by atoms with E-state index in [-0.39, 0.29) is 11.8 Å². The quantitative estimate of drug-likeness (QED) is 0.524. The fourth-order valence-corrected chi connectivity index (χ4v) is 3.67. The van der Waals surface area contributed by atoms with E-state index in [1.165, 1.54) is 0 Å². The van der Waals surface area contributed by atoms with Crippen LogP contribution in [-0.4, -0.2) is 26.9 Å². The number of aldehydes is 1. The largest absolute Gasteiger partial charge is 0.460 e. The molecule has 0 amide bonds. The molecule has 148 valence electrons. The number of pyridine rings is 1. The van der Waals surface area contributed by atoms with Crippen molar-refractivity contribution in [3.8, 4) is 5.82 Å². The van der Waals surface area contributed by atoms with Gasteiger partial charge in [-0.1, -0.05) is 37.0 Å². The van der Waals surface area contributed by atoms with E-state index >= 15 is 0 Å². The fourth-order valence-electron chi connectivity index (χ4n) is 3.19. The number of aromatic nitrogens is 3. The Kier molecular flexibility index (Phi) is 5.15. The lowest BCUT2D eigenvalue weighted by Gasteiger charge is -2.24. The zero-order valence-corrected chi connectivity index (χ0v) is 17.6. The number of rotatable bonds is 4. The lowest BCUT2D eigenvalue weighted by Crippen LogP contribution is -2.21. The average molecular weight is 429 g/mol. The third-order valence-electron chi connectivity index (χ3n) is 4.66. The Labute approximate surface area is 178 Å². The fraction of sp³-hybridized carbons (Fsp3) is 0.238. The summed E-state index contributed by atoms with van der Waals surface area (Å²) in [6, 6.07) is 8.88. The maximum absolute atomic E-state index is 11.8. The molecule has 0 N–H and O–H groups in total. The number of fused-ring (bicyclic) bond motifs is 1. The number of carbonyl (C=O) groups excluding carboxylic acids is 1. The van der Waals surface area contributed by atoms with Crippen molar-refractivity contribution in [2.24, 2.45) is 4.99 Å². The molecule has 0 aliphatic carbocycles. The van der Waals surface area contributed by atoms with Crippen LogP contribution in [0.1, 0.15) is 48.4 Å². The van der Waals surface area contributed by atoms with E-state index in [0.717, 1.165) is 17.5 Å². The van der Waals surface area contributed by atoms with Crippen LogP contribution in [0.3, 0.4) is 0 Å². The van der Waals surface area contributed by atoms with Gasteiger partial charge in [0, 0.05) is 16.8 Å². The van der Waals surface area contributed by atoms with Crippen molar-refractivity contribution in [2.75, 3.05) is 0 Å². The molecule has 1 unspecified atom stereocenters. The van der Waals surface area contributed by atoms with Gasteiger partial charge in [0.25, 0.3) is 0 Å². The van der Waals surface area contributed by atoms with Gasteiger partial charge in [-0.3, -0.25) is 4.79 Å². The number of aliphatic imine (C=N–C) groups is 1. The summed E-state index contributed by atoms with van der Waals surface area (Å²) in [5.74, 6) is 0.904. The molecule has 1 aliphatic rings. The van der Waals surface area contributed by atoms with E-state index in [1.807, 2.05) is 26.8 Å². The summed E-state index contributed by atoms with van der Waals surface area (Å²) in [6.45, 7) is 5.97. The van der Waals surface area contributed by atoms with Gasteiger partial charge in [-0.2, -0.15) is 5.10 Å². The second kappa shape index (κ2) is 7.61. The third-order valence-corrected chi connectivity index (χ3v) is 5.17. The summed E-state index contributed by atoms with van der Waals surface area (Å²) in [5.41, 5.74) is 3.56. The third kappa shape index (κ3) is 3.54. The summed E-state index contributed by atoms with van der Waals surface area (Å²) in [6.07, 6.45) is 1.56. The topological polar surface area (TPSA) is 69.4 Å². The standard InChI is InChI=1S/C21H18Cl2N4O2/c1-11(2)16-9-17(27(26-16)20-15(23)5-4-6-24-20)21-25-19-12(3)7-13(22)8-14(19)18(10-28)29-21/h4-11,18H,1-3H3. The zero-order chi connectivity index (χ0) is 20.7. The van der Waals surface area contributed by atoms with Crippen LogP contribution in [0.2, 0.25) is 10.0 Å².